The third-order valence-corrected chi connectivity index (χ3v) is 4.56. The molecule has 1 aliphatic rings. The Morgan fingerprint density at radius 2 is 2.28 bits per heavy atom. The summed E-state index contributed by atoms with van der Waals surface area (Å²) in [6, 6.07) is 6.16. The quantitative estimate of drug-likeness (QED) is 0.671. The van der Waals surface area contributed by atoms with Crippen molar-refractivity contribution in [2.75, 3.05) is 13.7 Å². The van der Waals surface area contributed by atoms with Crippen LogP contribution >= 0.6 is 15.9 Å². The molecule has 18 heavy (non-hydrogen) atoms. The molecule has 1 aromatic carbocycles. The van der Waals surface area contributed by atoms with Crippen molar-refractivity contribution in [2.45, 2.75) is 36.8 Å². The Labute approximate surface area is 116 Å². The molecule has 0 radical (unpaired) electrons. The molecule has 1 N–H and O–H groups in total. The van der Waals surface area contributed by atoms with Crippen LogP contribution in [0.2, 0.25) is 0 Å². The van der Waals surface area contributed by atoms with Gasteiger partial charge in [0.2, 0.25) is 0 Å². The molecule has 0 spiro atoms. The summed E-state index contributed by atoms with van der Waals surface area (Å²) in [4.78, 5) is -0.0629. The van der Waals surface area contributed by atoms with E-state index in [1.165, 1.54) is 11.1 Å². The summed E-state index contributed by atoms with van der Waals surface area (Å²) < 4.78 is 10.5. The number of hydrogen-bond donors (Lipinski definition) is 1. The van der Waals surface area contributed by atoms with Gasteiger partial charge in [0.15, 0.2) is 6.29 Å². The predicted molar refractivity (Wildman–Crippen MR) is 74.4 cm³/mol. The number of alkyl halides is 1. The van der Waals surface area contributed by atoms with Gasteiger partial charge in [0, 0.05) is 12.5 Å². The fraction of sp³-hybridized carbons (Fsp3) is 0.571. The molecule has 0 aliphatic heterocycles. The topological polar surface area (TPSA) is 38.7 Å². The van der Waals surface area contributed by atoms with E-state index < -0.39 is 6.29 Å². The zero-order chi connectivity index (χ0) is 13.1. The Morgan fingerprint density at radius 3 is 2.94 bits per heavy atom. The maximum absolute atomic E-state index is 9.91. The number of halogens is 1. The van der Waals surface area contributed by atoms with Crippen LogP contribution in [0.4, 0.5) is 0 Å². The Kier molecular flexibility index (Phi) is 4.65. The fourth-order valence-corrected chi connectivity index (χ4v) is 3.25. The second kappa shape index (κ2) is 6.04. The molecular weight excluding hydrogens is 296 g/mol. The first-order valence-corrected chi connectivity index (χ1v) is 7.19. The Hall–Kier alpha value is -0.580. The van der Waals surface area contributed by atoms with E-state index in [2.05, 4.69) is 28.1 Å². The summed E-state index contributed by atoms with van der Waals surface area (Å²) in [5.74, 6) is 1.19. The van der Waals surface area contributed by atoms with Gasteiger partial charge in [0.25, 0.3) is 0 Å². The number of fused-ring (bicyclic) bond motifs is 1. The zero-order valence-corrected chi connectivity index (χ0v) is 12.3. The summed E-state index contributed by atoms with van der Waals surface area (Å²) in [5, 5.41) is 9.91. The molecule has 1 aliphatic carbocycles. The summed E-state index contributed by atoms with van der Waals surface area (Å²) in [5.41, 5.74) is 2.60. The van der Waals surface area contributed by atoms with Gasteiger partial charge in [-0.25, -0.2) is 0 Å². The lowest BCUT2D eigenvalue weighted by Crippen LogP contribution is -2.28. The van der Waals surface area contributed by atoms with E-state index in [4.69, 9.17) is 9.47 Å². The number of aliphatic hydroxyl groups excluding tert-OH is 1. The minimum Gasteiger partial charge on any atom is -0.497 e. The number of aryl methyl sites for hydroxylation is 1. The van der Waals surface area contributed by atoms with Crippen LogP contribution in [0, 0.1) is 0 Å². The smallest absolute Gasteiger partial charge is 0.167 e. The van der Waals surface area contributed by atoms with Crippen LogP contribution < -0.4 is 4.74 Å². The summed E-state index contributed by atoms with van der Waals surface area (Å²) in [7, 11) is 1.68. The van der Waals surface area contributed by atoms with Gasteiger partial charge in [-0.3, -0.25) is 0 Å². The average Bonchev–Trinajstić information content (AvgIpc) is 2.80. The van der Waals surface area contributed by atoms with Crippen LogP contribution in [0.1, 0.15) is 30.4 Å². The van der Waals surface area contributed by atoms with E-state index >= 15 is 0 Å². The molecule has 2 rings (SSSR count). The first-order chi connectivity index (χ1) is 8.67. The van der Waals surface area contributed by atoms with Crippen LogP contribution in [0.25, 0.3) is 0 Å². The maximum atomic E-state index is 9.91. The van der Waals surface area contributed by atoms with Gasteiger partial charge >= 0.3 is 0 Å². The molecule has 0 amide bonds. The molecule has 3 nitrogen and oxygen atoms in total. The van der Waals surface area contributed by atoms with Gasteiger partial charge < -0.3 is 14.6 Å². The Bertz CT molecular complexity index is 408. The van der Waals surface area contributed by atoms with Crippen molar-refractivity contribution in [3.8, 4) is 5.75 Å². The van der Waals surface area contributed by atoms with Gasteiger partial charge in [-0.15, -0.1) is 0 Å². The molecule has 0 fully saturated rings. The second-order valence-corrected chi connectivity index (χ2v) is 5.56. The van der Waals surface area contributed by atoms with Crippen molar-refractivity contribution >= 4 is 15.9 Å². The van der Waals surface area contributed by atoms with Crippen molar-refractivity contribution in [1.29, 1.82) is 0 Å². The molecule has 0 saturated carbocycles. The molecule has 4 heteroatoms. The molecule has 100 valence electrons. The molecule has 0 heterocycles. The first-order valence-electron chi connectivity index (χ1n) is 6.28. The monoisotopic (exact) mass is 314 g/mol. The lowest BCUT2D eigenvalue weighted by Gasteiger charge is -2.23. The zero-order valence-electron chi connectivity index (χ0n) is 10.7. The van der Waals surface area contributed by atoms with E-state index in [0.717, 1.165) is 18.6 Å². The van der Waals surface area contributed by atoms with E-state index in [9.17, 15) is 5.11 Å². The maximum Gasteiger partial charge on any atom is 0.167 e. The van der Waals surface area contributed by atoms with Crippen molar-refractivity contribution in [1.82, 2.24) is 0 Å². The van der Waals surface area contributed by atoms with Gasteiger partial charge in [0.1, 0.15) is 5.75 Å². The van der Waals surface area contributed by atoms with Crippen molar-refractivity contribution in [3.05, 3.63) is 29.3 Å². The second-order valence-electron chi connectivity index (χ2n) is 4.50. The summed E-state index contributed by atoms with van der Waals surface area (Å²) in [6.07, 6.45) is 1.30. The number of rotatable bonds is 5. The number of methoxy groups -OCH3 is 1. The number of hydrogen-bond acceptors (Lipinski definition) is 3. The Morgan fingerprint density at radius 1 is 1.50 bits per heavy atom. The lowest BCUT2D eigenvalue weighted by molar-refractivity contribution is -0.0960. The molecule has 0 aromatic heterocycles. The predicted octanol–water partition coefficient (Wildman–Crippen LogP) is 2.84. The fourth-order valence-electron chi connectivity index (χ4n) is 2.55. The molecule has 3 atom stereocenters. The van der Waals surface area contributed by atoms with Crippen molar-refractivity contribution in [2.24, 2.45) is 0 Å². The third-order valence-electron chi connectivity index (χ3n) is 3.47. The Balaban J connectivity index is 2.16. The van der Waals surface area contributed by atoms with Crippen molar-refractivity contribution < 1.29 is 14.6 Å². The number of ether oxygens (including phenoxy) is 2. The van der Waals surface area contributed by atoms with Crippen LogP contribution in [0.3, 0.4) is 0 Å². The van der Waals surface area contributed by atoms with Gasteiger partial charge in [-0.1, -0.05) is 22.0 Å². The first kappa shape index (κ1) is 13.8. The van der Waals surface area contributed by atoms with Gasteiger partial charge in [-0.05, 0) is 43.0 Å². The van der Waals surface area contributed by atoms with Crippen LogP contribution in [0.5, 0.6) is 5.75 Å². The van der Waals surface area contributed by atoms with Gasteiger partial charge in [0.05, 0.1) is 11.9 Å². The van der Waals surface area contributed by atoms with E-state index in [1.807, 2.05) is 13.0 Å². The highest BCUT2D eigenvalue weighted by atomic mass is 79.9. The molecular formula is C14H19BrO3. The van der Waals surface area contributed by atoms with E-state index in [-0.39, 0.29) is 4.83 Å². The van der Waals surface area contributed by atoms with E-state index in [1.54, 1.807) is 7.11 Å². The number of aliphatic hydroxyl groups is 1. The van der Waals surface area contributed by atoms with E-state index in [0.29, 0.717) is 12.5 Å². The minimum atomic E-state index is -0.756. The molecule has 0 saturated heterocycles. The minimum absolute atomic E-state index is 0.0629. The van der Waals surface area contributed by atoms with Crippen LogP contribution in [-0.2, 0) is 11.2 Å². The normalized spacial score (nSPS) is 21.4. The molecule has 1 aromatic rings. The number of benzene rings is 1. The largest absolute Gasteiger partial charge is 0.497 e. The molecule has 2 unspecified atom stereocenters. The molecule has 0 bridgehead atoms. The van der Waals surface area contributed by atoms with Crippen LogP contribution in [-0.4, -0.2) is 29.9 Å². The SMILES string of the molecule is CCOC(O)C(Br)[C@@H]1CCc2cc(OC)ccc21. The summed E-state index contributed by atoms with van der Waals surface area (Å²) in [6.45, 7) is 2.40. The standard InChI is InChI=1S/C14H19BrO3/c1-3-18-14(16)13(15)12-6-4-9-8-10(17-2)5-7-11(9)12/h5,7-8,12-14,16H,3-4,6H2,1-2H3/t12-,13?,14?/m1/s1. The highest BCUT2D eigenvalue weighted by Crippen LogP contribution is 2.40. The lowest BCUT2D eigenvalue weighted by atomic mass is 9.97. The average molecular weight is 315 g/mol. The van der Waals surface area contributed by atoms with Gasteiger partial charge in [-0.2, -0.15) is 0 Å². The van der Waals surface area contributed by atoms with Crippen LogP contribution in [0.15, 0.2) is 18.2 Å². The summed E-state index contributed by atoms with van der Waals surface area (Å²) >= 11 is 3.57. The highest BCUT2D eigenvalue weighted by Gasteiger charge is 2.33. The third kappa shape index (κ3) is 2.71. The highest BCUT2D eigenvalue weighted by molar-refractivity contribution is 9.09. The van der Waals surface area contributed by atoms with Crippen molar-refractivity contribution in [3.63, 3.8) is 0 Å².